The largest absolute Gasteiger partial charge is 0.487 e. The summed E-state index contributed by atoms with van der Waals surface area (Å²) in [6.07, 6.45) is 0. The number of benzene rings is 2. The number of aliphatic hydroxyl groups excluding tert-OH is 1. The predicted molar refractivity (Wildman–Crippen MR) is 77.5 cm³/mol. The molecule has 4 heteroatoms. The molecule has 19 heavy (non-hydrogen) atoms. The van der Waals surface area contributed by atoms with Crippen molar-refractivity contribution in [1.29, 1.82) is 0 Å². The van der Waals surface area contributed by atoms with Gasteiger partial charge in [-0.05, 0) is 29.8 Å². The Balaban J connectivity index is 2.02. The molecule has 0 amide bonds. The van der Waals surface area contributed by atoms with Crippen molar-refractivity contribution in [1.82, 2.24) is 0 Å². The SMILES string of the molecule is OCCOc1ccccc1OCc1cccc(Br)c1. The van der Waals surface area contributed by atoms with Gasteiger partial charge in [0.2, 0.25) is 0 Å². The smallest absolute Gasteiger partial charge is 0.161 e. The maximum absolute atomic E-state index is 8.79. The molecular formula is C15H15BrO3. The molecular weight excluding hydrogens is 308 g/mol. The summed E-state index contributed by atoms with van der Waals surface area (Å²) in [5.74, 6) is 1.32. The van der Waals surface area contributed by atoms with Crippen LogP contribution in [0.4, 0.5) is 0 Å². The van der Waals surface area contributed by atoms with E-state index < -0.39 is 0 Å². The first-order chi connectivity index (χ1) is 9.29. The summed E-state index contributed by atoms with van der Waals surface area (Å²) in [7, 11) is 0. The highest BCUT2D eigenvalue weighted by molar-refractivity contribution is 9.10. The third kappa shape index (κ3) is 4.26. The lowest BCUT2D eigenvalue weighted by molar-refractivity contribution is 0.192. The van der Waals surface area contributed by atoms with Gasteiger partial charge >= 0.3 is 0 Å². The van der Waals surface area contributed by atoms with Gasteiger partial charge in [-0.2, -0.15) is 0 Å². The molecule has 0 aliphatic heterocycles. The van der Waals surface area contributed by atoms with Gasteiger partial charge in [-0.3, -0.25) is 0 Å². The summed E-state index contributed by atoms with van der Waals surface area (Å²) in [4.78, 5) is 0. The van der Waals surface area contributed by atoms with Crippen molar-refractivity contribution in [2.75, 3.05) is 13.2 Å². The first-order valence-electron chi connectivity index (χ1n) is 5.99. The molecule has 0 spiro atoms. The molecule has 3 nitrogen and oxygen atoms in total. The van der Waals surface area contributed by atoms with Crippen molar-refractivity contribution in [3.63, 3.8) is 0 Å². The zero-order valence-electron chi connectivity index (χ0n) is 10.4. The molecule has 0 fully saturated rings. The lowest BCUT2D eigenvalue weighted by Gasteiger charge is -2.12. The molecule has 2 aromatic carbocycles. The second kappa shape index (κ2) is 7.16. The second-order valence-corrected chi connectivity index (χ2v) is 4.85. The normalized spacial score (nSPS) is 10.2. The zero-order chi connectivity index (χ0) is 13.5. The van der Waals surface area contributed by atoms with E-state index in [-0.39, 0.29) is 13.2 Å². The van der Waals surface area contributed by atoms with Gasteiger partial charge in [-0.15, -0.1) is 0 Å². The fourth-order valence-electron chi connectivity index (χ4n) is 1.63. The molecule has 0 saturated carbocycles. The Labute approximate surface area is 120 Å². The number of rotatable bonds is 6. The van der Waals surface area contributed by atoms with E-state index in [2.05, 4.69) is 15.9 Å². The molecule has 0 aromatic heterocycles. The van der Waals surface area contributed by atoms with Crippen LogP contribution in [0, 0.1) is 0 Å². The van der Waals surface area contributed by atoms with E-state index in [1.54, 1.807) is 0 Å². The molecule has 0 bridgehead atoms. The van der Waals surface area contributed by atoms with E-state index in [4.69, 9.17) is 14.6 Å². The first kappa shape index (κ1) is 13.9. The highest BCUT2D eigenvalue weighted by Gasteiger charge is 2.04. The lowest BCUT2D eigenvalue weighted by Crippen LogP contribution is -2.04. The van der Waals surface area contributed by atoms with Crippen LogP contribution in [-0.4, -0.2) is 18.3 Å². The minimum atomic E-state index is -0.0139. The highest BCUT2D eigenvalue weighted by Crippen LogP contribution is 2.27. The average molecular weight is 323 g/mol. The van der Waals surface area contributed by atoms with Crippen molar-refractivity contribution in [2.24, 2.45) is 0 Å². The molecule has 0 aliphatic carbocycles. The minimum Gasteiger partial charge on any atom is -0.487 e. The summed E-state index contributed by atoms with van der Waals surface area (Å²) in [6.45, 7) is 0.718. The lowest BCUT2D eigenvalue weighted by atomic mass is 10.2. The molecule has 2 rings (SSSR count). The van der Waals surface area contributed by atoms with Crippen molar-refractivity contribution in [3.8, 4) is 11.5 Å². The fourth-order valence-corrected chi connectivity index (χ4v) is 2.08. The topological polar surface area (TPSA) is 38.7 Å². The Bertz CT molecular complexity index is 528. The van der Waals surface area contributed by atoms with E-state index in [0.717, 1.165) is 10.0 Å². The maximum atomic E-state index is 8.79. The van der Waals surface area contributed by atoms with Crippen LogP contribution in [0.3, 0.4) is 0 Å². The van der Waals surface area contributed by atoms with Gasteiger partial charge in [-0.25, -0.2) is 0 Å². The molecule has 0 atom stereocenters. The molecule has 0 aliphatic rings. The molecule has 2 aromatic rings. The summed E-state index contributed by atoms with van der Waals surface area (Å²) in [5, 5.41) is 8.79. The zero-order valence-corrected chi connectivity index (χ0v) is 12.0. The highest BCUT2D eigenvalue weighted by atomic mass is 79.9. The monoisotopic (exact) mass is 322 g/mol. The molecule has 0 saturated heterocycles. The van der Waals surface area contributed by atoms with E-state index in [1.807, 2.05) is 48.5 Å². The minimum absolute atomic E-state index is 0.0139. The third-order valence-electron chi connectivity index (χ3n) is 2.48. The third-order valence-corrected chi connectivity index (χ3v) is 2.97. The Morgan fingerprint density at radius 1 is 0.947 bits per heavy atom. The van der Waals surface area contributed by atoms with E-state index >= 15 is 0 Å². The van der Waals surface area contributed by atoms with Crippen molar-refractivity contribution >= 4 is 15.9 Å². The van der Waals surface area contributed by atoms with Crippen LogP contribution in [0.15, 0.2) is 53.0 Å². The van der Waals surface area contributed by atoms with E-state index in [1.165, 1.54) is 0 Å². The van der Waals surface area contributed by atoms with Crippen LogP contribution in [-0.2, 0) is 6.61 Å². The van der Waals surface area contributed by atoms with Gasteiger partial charge < -0.3 is 14.6 Å². The van der Waals surface area contributed by atoms with E-state index in [9.17, 15) is 0 Å². The Hall–Kier alpha value is -1.52. The molecule has 1 N–H and O–H groups in total. The number of hydrogen-bond donors (Lipinski definition) is 1. The summed E-state index contributed by atoms with van der Waals surface area (Å²) >= 11 is 3.43. The standard InChI is InChI=1S/C15H15BrO3/c16-13-5-3-4-12(10-13)11-19-15-7-2-1-6-14(15)18-9-8-17/h1-7,10,17H,8-9,11H2. The Kier molecular flexibility index (Phi) is 5.24. The number of ether oxygens (including phenoxy) is 2. The second-order valence-electron chi connectivity index (χ2n) is 3.94. The molecule has 0 heterocycles. The average Bonchev–Trinajstić information content (AvgIpc) is 2.44. The fraction of sp³-hybridized carbons (Fsp3) is 0.200. The van der Waals surface area contributed by atoms with Crippen LogP contribution in [0.5, 0.6) is 11.5 Å². The van der Waals surface area contributed by atoms with Gasteiger partial charge in [0.15, 0.2) is 11.5 Å². The number of aliphatic hydroxyl groups is 1. The van der Waals surface area contributed by atoms with E-state index in [0.29, 0.717) is 18.1 Å². The van der Waals surface area contributed by atoms with Crippen LogP contribution in [0.25, 0.3) is 0 Å². The summed E-state index contributed by atoms with van der Waals surface area (Å²) < 4.78 is 12.2. The van der Waals surface area contributed by atoms with Crippen molar-refractivity contribution in [3.05, 3.63) is 58.6 Å². The van der Waals surface area contributed by atoms with Gasteiger partial charge in [0, 0.05) is 4.47 Å². The predicted octanol–water partition coefficient (Wildman–Crippen LogP) is 3.40. The van der Waals surface area contributed by atoms with Gasteiger partial charge in [0.05, 0.1) is 6.61 Å². The summed E-state index contributed by atoms with van der Waals surface area (Å²) in [5.41, 5.74) is 1.08. The van der Waals surface area contributed by atoms with Gasteiger partial charge in [0.25, 0.3) is 0 Å². The molecule has 0 unspecified atom stereocenters. The molecule has 0 radical (unpaired) electrons. The number of hydrogen-bond acceptors (Lipinski definition) is 3. The number of para-hydroxylation sites is 2. The van der Waals surface area contributed by atoms with Crippen molar-refractivity contribution < 1.29 is 14.6 Å². The van der Waals surface area contributed by atoms with Crippen LogP contribution < -0.4 is 9.47 Å². The van der Waals surface area contributed by atoms with Crippen LogP contribution in [0.1, 0.15) is 5.56 Å². The molecule has 100 valence electrons. The Morgan fingerprint density at radius 2 is 1.68 bits per heavy atom. The van der Waals surface area contributed by atoms with Crippen molar-refractivity contribution in [2.45, 2.75) is 6.61 Å². The summed E-state index contributed by atoms with van der Waals surface area (Å²) in [6, 6.07) is 15.4. The first-order valence-corrected chi connectivity index (χ1v) is 6.79. The van der Waals surface area contributed by atoms with Crippen LogP contribution >= 0.6 is 15.9 Å². The van der Waals surface area contributed by atoms with Crippen LogP contribution in [0.2, 0.25) is 0 Å². The van der Waals surface area contributed by atoms with Gasteiger partial charge in [-0.1, -0.05) is 40.2 Å². The van der Waals surface area contributed by atoms with Gasteiger partial charge in [0.1, 0.15) is 13.2 Å². The number of halogens is 1. The quantitative estimate of drug-likeness (QED) is 0.885. The maximum Gasteiger partial charge on any atom is 0.161 e. The Morgan fingerprint density at radius 3 is 2.37 bits per heavy atom.